The number of rotatable bonds is 5. The second-order valence-electron chi connectivity index (χ2n) is 7.66. The maximum Gasteiger partial charge on any atom is 0.279 e. The van der Waals surface area contributed by atoms with Gasteiger partial charge >= 0.3 is 0 Å². The summed E-state index contributed by atoms with van der Waals surface area (Å²) in [6.45, 7) is 7.63. The van der Waals surface area contributed by atoms with Crippen LogP contribution in [0.3, 0.4) is 0 Å². The van der Waals surface area contributed by atoms with Crippen LogP contribution in [-0.2, 0) is 14.8 Å². The Bertz CT molecular complexity index is 715. The van der Waals surface area contributed by atoms with Crippen molar-refractivity contribution in [3.05, 3.63) is 30.3 Å². The highest BCUT2D eigenvalue weighted by Gasteiger charge is 2.42. The van der Waals surface area contributed by atoms with E-state index in [9.17, 15) is 13.2 Å². The highest BCUT2D eigenvalue weighted by atomic mass is 32.2. The van der Waals surface area contributed by atoms with Gasteiger partial charge in [0.25, 0.3) is 5.91 Å². The monoisotopic (exact) mass is 380 g/mol. The maximum absolute atomic E-state index is 13.2. The molecule has 144 valence electrons. The second kappa shape index (κ2) is 8.06. The van der Waals surface area contributed by atoms with Crippen LogP contribution in [0.15, 0.2) is 35.2 Å². The topological polar surface area (TPSA) is 62.1 Å². The lowest BCUT2D eigenvalue weighted by molar-refractivity contribution is -0.879. The van der Waals surface area contributed by atoms with Crippen molar-refractivity contribution in [2.45, 2.75) is 44.2 Å². The van der Waals surface area contributed by atoms with Gasteiger partial charge in [-0.25, -0.2) is 8.42 Å². The third kappa shape index (κ3) is 3.94. The molecule has 0 bridgehead atoms. The van der Waals surface area contributed by atoms with Crippen molar-refractivity contribution in [3.8, 4) is 0 Å². The summed E-state index contributed by atoms with van der Waals surface area (Å²) in [7, 11) is -3.62. The van der Waals surface area contributed by atoms with Crippen LogP contribution in [-0.4, -0.2) is 62.4 Å². The molecule has 1 N–H and O–H groups in total. The molecule has 0 saturated carbocycles. The van der Waals surface area contributed by atoms with Gasteiger partial charge in [0.1, 0.15) is 6.17 Å². The molecule has 2 saturated heterocycles. The molecule has 2 heterocycles. The number of amides is 1. The van der Waals surface area contributed by atoms with Gasteiger partial charge in [-0.1, -0.05) is 32.0 Å². The molecule has 0 unspecified atom stereocenters. The number of quaternary nitrogens is 1. The molecule has 7 heteroatoms. The number of carbonyl (C=O) groups excluding carboxylic acids is 1. The van der Waals surface area contributed by atoms with E-state index in [0.717, 1.165) is 13.1 Å². The Morgan fingerprint density at radius 3 is 2.38 bits per heavy atom. The first-order valence-electron chi connectivity index (χ1n) is 9.61. The fourth-order valence-electron chi connectivity index (χ4n) is 4.14. The lowest BCUT2D eigenvalue weighted by Gasteiger charge is -2.45. The van der Waals surface area contributed by atoms with E-state index in [0.29, 0.717) is 31.0 Å². The maximum atomic E-state index is 13.2. The molecule has 26 heavy (non-hydrogen) atoms. The molecular weight excluding hydrogens is 350 g/mol. The quantitative estimate of drug-likeness (QED) is 0.812. The normalized spacial score (nSPS) is 22.9. The van der Waals surface area contributed by atoms with Crippen LogP contribution in [0.5, 0.6) is 0 Å². The zero-order valence-electron chi connectivity index (χ0n) is 15.7. The van der Waals surface area contributed by atoms with E-state index in [1.54, 1.807) is 29.2 Å². The number of nitrogens with zero attached hydrogens (tertiary/aromatic N) is 2. The van der Waals surface area contributed by atoms with Crippen molar-refractivity contribution in [2.75, 3.05) is 32.7 Å². The summed E-state index contributed by atoms with van der Waals surface area (Å²) in [5.41, 5.74) is 0. The van der Waals surface area contributed by atoms with Gasteiger partial charge in [0, 0.05) is 25.9 Å². The Hall–Kier alpha value is -1.44. The van der Waals surface area contributed by atoms with Crippen LogP contribution < -0.4 is 4.90 Å². The predicted molar refractivity (Wildman–Crippen MR) is 100 cm³/mol. The predicted octanol–water partition coefficient (Wildman–Crippen LogP) is 0.570. The zero-order chi connectivity index (χ0) is 18.7. The van der Waals surface area contributed by atoms with Crippen LogP contribution in [0, 0.1) is 5.92 Å². The van der Waals surface area contributed by atoms with Gasteiger partial charge in [-0.2, -0.15) is 4.31 Å². The van der Waals surface area contributed by atoms with Crippen molar-refractivity contribution < 1.29 is 18.1 Å². The van der Waals surface area contributed by atoms with Crippen LogP contribution >= 0.6 is 0 Å². The molecule has 2 fully saturated rings. The molecular formula is C19H30N3O3S+. The van der Waals surface area contributed by atoms with Crippen molar-refractivity contribution in [1.82, 2.24) is 9.21 Å². The Balaban J connectivity index is 1.85. The number of nitrogens with one attached hydrogen (secondary N) is 1. The Morgan fingerprint density at radius 1 is 1.12 bits per heavy atom. The second-order valence-corrected chi connectivity index (χ2v) is 9.55. The molecule has 0 spiro atoms. The molecule has 1 amide bonds. The summed E-state index contributed by atoms with van der Waals surface area (Å²) < 4.78 is 27.9. The van der Waals surface area contributed by atoms with Gasteiger partial charge in [0.05, 0.1) is 18.0 Å². The lowest BCUT2D eigenvalue weighted by atomic mass is 10.1. The molecule has 2 aliphatic rings. The molecule has 0 aromatic heterocycles. The Kier molecular flexibility index (Phi) is 5.99. The molecule has 2 aliphatic heterocycles. The van der Waals surface area contributed by atoms with E-state index in [-0.39, 0.29) is 11.8 Å². The first kappa shape index (κ1) is 19.3. The average molecular weight is 381 g/mol. The van der Waals surface area contributed by atoms with Gasteiger partial charge in [-0.3, -0.25) is 4.79 Å². The number of benzene rings is 1. The number of hydrogen-bond donors (Lipinski definition) is 1. The first-order chi connectivity index (χ1) is 12.4. The summed E-state index contributed by atoms with van der Waals surface area (Å²) in [6.07, 6.45) is 2.61. The minimum absolute atomic E-state index is 0.0336. The van der Waals surface area contributed by atoms with E-state index in [4.69, 9.17) is 0 Å². The molecule has 1 atom stereocenters. The largest absolute Gasteiger partial charge is 0.327 e. The standard InChI is InChI=1S/C19H29N3O3S/c1-16(2)19-21(18(23)15-20-11-6-7-12-20)13-8-14-22(19)26(24,25)17-9-4-3-5-10-17/h3-5,9-10,16,19H,6-8,11-15H2,1-2H3/p+1/t19-/m1/s1. The minimum Gasteiger partial charge on any atom is -0.327 e. The molecule has 0 radical (unpaired) electrons. The summed E-state index contributed by atoms with van der Waals surface area (Å²) in [6, 6.07) is 8.54. The number of hydrogen-bond acceptors (Lipinski definition) is 3. The van der Waals surface area contributed by atoms with E-state index in [1.165, 1.54) is 22.0 Å². The van der Waals surface area contributed by atoms with Crippen molar-refractivity contribution >= 4 is 15.9 Å². The van der Waals surface area contributed by atoms with Gasteiger partial charge in [0.15, 0.2) is 6.54 Å². The van der Waals surface area contributed by atoms with Crippen LogP contribution in [0.4, 0.5) is 0 Å². The highest BCUT2D eigenvalue weighted by Crippen LogP contribution is 2.28. The summed E-state index contributed by atoms with van der Waals surface area (Å²) in [5, 5.41) is 0. The van der Waals surface area contributed by atoms with E-state index >= 15 is 0 Å². The van der Waals surface area contributed by atoms with Crippen molar-refractivity contribution in [2.24, 2.45) is 5.92 Å². The molecule has 3 rings (SSSR count). The highest BCUT2D eigenvalue weighted by molar-refractivity contribution is 7.89. The van der Waals surface area contributed by atoms with Gasteiger partial charge in [-0.05, 0) is 24.5 Å². The zero-order valence-corrected chi connectivity index (χ0v) is 16.5. The van der Waals surface area contributed by atoms with Crippen LogP contribution in [0.1, 0.15) is 33.1 Å². The summed E-state index contributed by atoms with van der Waals surface area (Å²) in [5.74, 6) is 0.111. The number of likely N-dealkylation sites (tertiary alicyclic amines) is 1. The average Bonchev–Trinajstić information content (AvgIpc) is 3.14. The molecule has 0 aliphatic carbocycles. The van der Waals surface area contributed by atoms with Crippen LogP contribution in [0.25, 0.3) is 0 Å². The van der Waals surface area contributed by atoms with Crippen molar-refractivity contribution in [3.63, 3.8) is 0 Å². The fourth-order valence-corrected chi connectivity index (χ4v) is 5.92. The fraction of sp³-hybridized carbons (Fsp3) is 0.632. The molecule has 6 nitrogen and oxygen atoms in total. The third-order valence-electron chi connectivity index (χ3n) is 5.37. The first-order valence-corrected chi connectivity index (χ1v) is 11.0. The smallest absolute Gasteiger partial charge is 0.279 e. The van der Waals surface area contributed by atoms with Crippen LogP contribution in [0.2, 0.25) is 0 Å². The Labute approximate surface area is 156 Å². The lowest BCUT2D eigenvalue weighted by Crippen LogP contribution is -3.11. The summed E-state index contributed by atoms with van der Waals surface area (Å²) >= 11 is 0. The molecule has 1 aromatic carbocycles. The SMILES string of the molecule is CC(C)[C@@H]1N(C(=O)C[NH+]2CCCC2)CCCN1S(=O)(=O)c1ccccc1. The van der Waals surface area contributed by atoms with Gasteiger partial charge < -0.3 is 9.80 Å². The summed E-state index contributed by atoms with van der Waals surface area (Å²) in [4.78, 5) is 16.4. The Morgan fingerprint density at radius 2 is 1.77 bits per heavy atom. The van der Waals surface area contributed by atoms with E-state index in [1.807, 2.05) is 19.9 Å². The van der Waals surface area contributed by atoms with E-state index in [2.05, 4.69) is 0 Å². The van der Waals surface area contributed by atoms with Gasteiger partial charge in [-0.15, -0.1) is 0 Å². The third-order valence-corrected chi connectivity index (χ3v) is 7.25. The van der Waals surface area contributed by atoms with E-state index < -0.39 is 16.2 Å². The number of sulfonamides is 1. The molecule has 1 aromatic rings. The minimum atomic E-state index is -3.62. The number of carbonyl (C=O) groups is 1. The van der Waals surface area contributed by atoms with Gasteiger partial charge in [0.2, 0.25) is 10.0 Å². The van der Waals surface area contributed by atoms with Crippen molar-refractivity contribution in [1.29, 1.82) is 0 Å².